The number of halogens is 1. The van der Waals surface area contributed by atoms with Crippen molar-refractivity contribution in [3.05, 3.63) is 50.8 Å². The maximum Gasteiger partial charge on any atom is 0.256 e. The maximum absolute atomic E-state index is 13.5. The van der Waals surface area contributed by atoms with E-state index in [2.05, 4.69) is 31.1 Å². The number of amides is 2. The first-order valence-electron chi connectivity index (χ1n) is 11.6. The Morgan fingerprint density at radius 3 is 2.66 bits per heavy atom. The summed E-state index contributed by atoms with van der Waals surface area (Å²) < 4.78 is 0.880. The van der Waals surface area contributed by atoms with Crippen LogP contribution in [0.25, 0.3) is 11.6 Å². The highest BCUT2D eigenvalue weighted by Gasteiger charge is 2.30. The zero-order chi connectivity index (χ0) is 22.2. The van der Waals surface area contributed by atoms with Crippen LogP contribution < -0.4 is 5.32 Å². The highest BCUT2D eigenvalue weighted by molar-refractivity contribution is 9.10. The molecule has 2 amide bonds. The standard InChI is InChI=1S/C25H29BrN4O2/c1-16-21(15-17-23-18(26)7-5-8-20(23)28-24(17)31)27-19-9-6-12-30(25(32)22(16)19)14-13-29-10-3-2-4-11-29/h5,7-8,15,27H,2-4,6,9-14H2,1H3,(H,28,31). The number of fused-ring (bicyclic) bond motifs is 2. The molecular weight excluding hydrogens is 468 g/mol. The summed E-state index contributed by atoms with van der Waals surface area (Å²) >= 11 is 3.57. The summed E-state index contributed by atoms with van der Waals surface area (Å²) in [5.41, 5.74) is 5.84. The quantitative estimate of drug-likeness (QED) is 0.614. The number of aromatic nitrogens is 1. The molecule has 0 radical (unpaired) electrons. The number of piperidine rings is 1. The van der Waals surface area contributed by atoms with Gasteiger partial charge in [-0.1, -0.05) is 28.4 Å². The lowest BCUT2D eigenvalue weighted by Gasteiger charge is -2.29. The van der Waals surface area contributed by atoms with E-state index in [9.17, 15) is 9.59 Å². The van der Waals surface area contributed by atoms with Crippen LogP contribution in [0.15, 0.2) is 22.7 Å². The second-order valence-corrected chi connectivity index (χ2v) is 9.84. The molecule has 1 aromatic carbocycles. The number of carbonyl (C=O) groups is 2. The van der Waals surface area contributed by atoms with Gasteiger partial charge in [0.25, 0.3) is 11.8 Å². The number of hydrogen-bond donors (Lipinski definition) is 2. The molecule has 4 heterocycles. The molecule has 3 aliphatic heterocycles. The van der Waals surface area contributed by atoms with Gasteiger partial charge in [-0.3, -0.25) is 9.59 Å². The van der Waals surface area contributed by atoms with Crippen LogP contribution in [-0.4, -0.2) is 59.3 Å². The van der Waals surface area contributed by atoms with Gasteiger partial charge in [0, 0.05) is 41.1 Å². The Balaban J connectivity index is 1.42. The number of hydrogen-bond acceptors (Lipinski definition) is 3. The summed E-state index contributed by atoms with van der Waals surface area (Å²) in [4.78, 5) is 34.1. The van der Waals surface area contributed by atoms with Crippen LogP contribution in [0.1, 0.15) is 58.6 Å². The molecule has 168 valence electrons. The number of aromatic amines is 1. The molecule has 0 saturated carbocycles. The number of aryl methyl sites for hydroxylation is 1. The van der Waals surface area contributed by atoms with E-state index in [0.29, 0.717) is 5.57 Å². The fourth-order valence-corrected chi connectivity index (χ4v) is 5.73. The Bertz CT molecular complexity index is 1100. The molecule has 0 unspecified atom stereocenters. The van der Waals surface area contributed by atoms with E-state index in [1.165, 1.54) is 19.3 Å². The smallest absolute Gasteiger partial charge is 0.256 e. The first-order valence-corrected chi connectivity index (χ1v) is 12.4. The van der Waals surface area contributed by atoms with Gasteiger partial charge in [-0.05, 0) is 69.5 Å². The number of H-pyrrole nitrogens is 1. The molecule has 0 spiro atoms. The second kappa shape index (κ2) is 8.87. The third kappa shape index (κ3) is 3.92. The zero-order valence-corrected chi connectivity index (χ0v) is 20.1. The number of likely N-dealkylation sites (tertiary alicyclic amines) is 1. The number of anilines is 1. The van der Waals surface area contributed by atoms with Gasteiger partial charge in [0.05, 0.1) is 16.8 Å². The molecule has 2 aromatic rings. The Morgan fingerprint density at radius 2 is 1.84 bits per heavy atom. The molecular formula is C25H29BrN4O2. The van der Waals surface area contributed by atoms with Crippen LogP contribution in [0.3, 0.4) is 0 Å². The van der Waals surface area contributed by atoms with Gasteiger partial charge in [0.1, 0.15) is 0 Å². The molecule has 1 saturated heterocycles. The number of rotatable bonds is 4. The van der Waals surface area contributed by atoms with Crippen molar-refractivity contribution in [2.75, 3.05) is 38.0 Å². The van der Waals surface area contributed by atoms with Gasteiger partial charge in [-0.2, -0.15) is 0 Å². The van der Waals surface area contributed by atoms with Crippen LogP contribution in [0.5, 0.6) is 0 Å². The van der Waals surface area contributed by atoms with Gasteiger partial charge >= 0.3 is 0 Å². The predicted molar refractivity (Wildman–Crippen MR) is 131 cm³/mol. The topological polar surface area (TPSA) is 68.4 Å². The van der Waals surface area contributed by atoms with Gasteiger partial charge in [-0.15, -0.1) is 0 Å². The van der Waals surface area contributed by atoms with Crippen molar-refractivity contribution in [2.45, 2.75) is 39.0 Å². The van der Waals surface area contributed by atoms with Crippen molar-refractivity contribution in [2.24, 2.45) is 0 Å². The lowest BCUT2D eigenvalue weighted by Crippen LogP contribution is -2.40. The maximum atomic E-state index is 13.5. The van der Waals surface area contributed by atoms with Crippen molar-refractivity contribution in [3.8, 4) is 0 Å². The average Bonchev–Trinajstić information content (AvgIpc) is 3.22. The van der Waals surface area contributed by atoms with E-state index in [4.69, 9.17) is 0 Å². The van der Waals surface area contributed by atoms with Gasteiger partial charge < -0.3 is 20.1 Å². The molecule has 6 nitrogen and oxygen atoms in total. The summed E-state index contributed by atoms with van der Waals surface area (Å²) in [6, 6.07) is 5.75. The monoisotopic (exact) mass is 496 g/mol. The van der Waals surface area contributed by atoms with E-state index in [1.54, 1.807) is 0 Å². The minimum atomic E-state index is -0.120. The number of carbonyl (C=O) groups excluding carboxylic acids is 2. The Morgan fingerprint density at radius 1 is 1.03 bits per heavy atom. The van der Waals surface area contributed by atoms with Gasteiger partial charge in [0.15, 0.2) is 0 Å². The molecule has 3 aliphatic rings. The second-order valence-electron chi connectivity index (χ2n) is 8.99. The first-order chi connectivity index (χ1) is 15.5. The molecule has 0 atom stereocenters. The Hall–Kier alpha value is -2.38. The van der Waals surface area contributed by atoms with Crippen LogP contribution in [-0.2, 0) is 11.2 Å². The third-order valence-electron chi connectivity index (χ3n) is 6.92. The van der Waals surface area contributed by atoms with Crippen LogP contribution in [0.2, 0.25) is 0 Å². The summed E-state index contributed by atoms with van der Waals surface area (Å²) in [6.07, 6.45) is 7.53. The first kappa shape index (κ1) is 21.5. The van der Waals surface area contributed by atoms with Crippen molar-refractivity contribution >= 4 is 45.1 Å². The van der Waals surface area contributed by atoms with Gasteiger partial charge in [-0.25, -0.2) is 0 Å². The highest BCUT2D eigenvalue weighted by Crippen LogP contribution is 2.39. The fraction of sp³-hybridized carbons (Fsp3) is 0.440. The molecule has 0 bridgehead atoms. The predicted octanol–water partition coefficient (Wildman–Crippen LogP) is 4.45. The molecule has 32 heavy (non-hydrogen) atoms. The zero-order valence-electron chi connectivity index (χ0n) is 18.5. The molecule has 7 heteroatoms. The molecule has 5 rings (SSSR count). The summed E-state index contributed by atoms with van der Waals surface area (Å²) in [6.45, 7) is 6.81. The Labute approximate surface area is 197 Å². The van der Waals surface area contributed by atoms with Crippen LogP contribution in [0, 0.1) is 6.92 Å². The third-order valence-corrected chi connectivity index (χ3v) is 7.58. The highest BCUT2D eigenvalue weighted by atomic mass is 79.9. The van der Waals surface area contributed by atoms with Crippen molar-refractivity contribution in [1.29, 1.82) is 0 Å². The van der Waals surface area contributed by atoms with Crippen LogP contribution >= 0.6 is 15.9 Å². The number of nitrogens with zero attached hydrogens (tertiary/aromatic N) is 2. The van der Waals surface area contributed by atoms with Crippen molar-refractivity contribution < 1.29 is 9.59 Å². The minimum absolute atomic E-state index is 0.116. The van der Waals surface area contributed by atoms with Gasteiger partial charge in [0.2, 0.25) is 0 Å². The normalized spacial score (nSPS) is 20.3. The largest absolute Gasteiger partial charge is 0.358 e. The van der Waals surface area contributed by atoms with E-state index in [1.807, 2.05) is 36.1 Å². The van der Waals surface area contributed by atoms with Crippen molar-refractivity contribution in [1.82, 2.24) is 14.8 Å². The van der Waals surface area contributed by atoms with E-state index in [0.717, 1.165) is 83.8 Å². The van der Waals surface area contributed by atoms with E-state index in [-0.39, 0.29) is 11.8 Å². The van der Waals surface area contributed by atoms with E-state index < -0.39 is 0 Å². The number of benzene rings is 1. The fourth-order valence-electron chi connectivity index (χ4n) is 5.15. The van der Waals surface area contributed by atoms with Crippen molar-refractivity contribution in [3.63, 3.8) is 0 Å². The summed E-state index contributed by atoms with van der Waals surface area (Å²) in [7, 11) is 0. The lowest BCUT2D eigenvalue weighted by molar-refractivity contribution is -0.110. The Kier molecular flexibility index (Phi) is 5.95. The molecule has 2 N–H and O–H groups in total. The molecule has 1 aromatic heterocycles. The number of nitrogens with one attached hydrogen (secondary N) is 2. The molecule has 0 aliphatic carbocycles. The van der Waals surface area contributed by atoms with E-state index >= 15 is 0 Å². The SMILES string of the molecule is Cc1c(C=C2C(=O)Nc3cccc(Br)c32)[nH]c2c1C(=O)N(CCN1CCCCC1)CCC2. The lowest BCUT2D eigenvalue weighted by atomic mass is 10.0. The summed E-state index contributed by atoms with van der Waals surface area (Å²) in [5.74, 6) is -0.00376. The average molecular weight is 497 g/mol. The minimum Gasteiger partial charge on any atom is -0.358 e. The van der Waals surface area contributed by atoms with Crippen LogP contribution in [0.4, 0.5) is 5.69 Å². The summed E-state index contributed by atoms with van der Waals surface area (Å²) in [5, 5.41) is 2.93. The molecule has 1 fully saturated rings.